The third-order valence-electron chi connectivity index (χ3n) is 3.98. The first-order valence-corrected chi connectivity index (χ1v) is 5.96. The molecule has 0 bridgehead atoms. The Labute approximate surface area is 90.9 Å². The van der Waals surface area contributed by atoms with Crippen LogP contribution >= 0.6 is 0 Å². The lowest BCUT2D eigenvalue weighted by atomic mass is 9.97. The van der Waals surface area contributed by atoms with E-state index in [1.807, 2.05) is 0 Å². The van der Waals surface area contributed by atoms with Crippen LogP contribution in [0.1, 0.15) is 38.1 Å². The van der Waals surface area contributed by atoms with Gasteiger partial charge < -0.3 is 9.88 Å². The zero-order chi connectivity index (χ0) is 10.5. The van der Waals surface area contributed by atoms with Crippen molar-refractivity contribution in [1.29, 1.82) is 0 Å². The number of hydrogen-bond acceptors (Lipinski definition) is 2. The summed E-state index contributed by atoms with van der Waals surface area (Å²) in [6.45, 7) is 6.76. The lowest BCUT2D eigenvalue weighted by molar-refractivity contribution is 0.294. The topological polar surface area (TPSA) is 29.9 Å². The average Bonchev–Trinajstić information content (AvgIpc) is 2.98. The minimum atomic E-state index is 0.276. The van der Waals surface area contributed by atoms with E-state index in [4.69, 9.17) is 0 Å². The van der Waals surface area contributed by atoms with Gasteiger partial charge in [0, 0.05) is 30.7 Å². The van der Waals surface area contributed by atoms with Gasteiger partial charge in [-0.3, -0.25) is 0 Å². The van der Waals surface area contributed by atoms with Gasteiger partial charge >= 0.3 is 0 Å². The fourth-order valence-corrected chi connectivity index (χ4v) is 2.72. The Morgan fingerprint density at radius 3 is 3.00 bits per heavy atom. The predicted octanol–water partition coefficient (Wildman–Crippen LogP) is 1.67. The third-order valence-corrected chi connectivity index (χ3v) is 3.98. The van der Waals surface area contributed by atoms with E-state index in [2.05, 4.69) is 35.0 Å². The van der Waals surface area contributed by atoms with Crippen LogP contribution in [-0.4, -0.2) is 16.1 Å². The van der Waals surface area contributed by atoms with Gasteiger partial charge in [0.25, 0.3) is 0 Å². The second kappa shape index (κ2) is 3.08. The highest BCUT2D eigenvalue weighted by Gasteiger charge is 2.40. The summed E-state index contributed by atoms with van der Waals surface area (Å²) >= 11 is 0. The SMILES string of the molecule is CC(C)(C1CC1)n1cnc2c1CCNC2. The van der Waals surface area contributed by atoms with Crippen molar-refractivity contribution in [3.63, 3.8) is 0 Å². The molecular weight excluding hydrogens is 186 g/mol. The molecule has 1 aliphatic heterocycles. The summed E-state index contributed by atoms with van der Waals surface area (Å²) in [4.78, 5) is 4.53. The van der Waals surface area contributed by atoms with E-state index in [1.165, 1.54) is 24.2 Å². The molecule has 1 fully saturated rings. The number of aromatic nitrogens is 2. The van der Waals surface area contributed by atoms with Crippen molar-refractivity contribution in [3.05, 3.63) is 17.7 Å². The van der Waals surface area contributed by atoms with Gasteiger partial charge in [0.15, 0.2) is 0 Å². The molecule has 3 heteroatoms. The summed E-state index contributed by atoms with van der Waals surface area (Å²) in [6, 6.07) is 0. The lowest BCUT2D eigenvalue weighted by Crippen LogP contribution is -2.33. The number of rotatable bonds is 2. The van der Waals surface area contributed by atoms with E-state index in [9.17, 15) is 0 Å². The Morgan fingerprint density at radius 2 is 2.27 bits per heavy atom. The van der Waals surface area contributed by atoms with Gasteiger partial charge in [-0.1, -0.05) is 0 Å². The minimum absolute atomic E-state index is 0.276. The summed E-state index contributed by atoms with van der Waals surface area (Å²) in [5.74, 6) is 0.866. The molecule has 0 unspecified atom stereocenters. The molecule has 0 saturated heterocycles. The molecule has 1 aromatic heterocycles. The van der Waals surface area contributed by atoms with E-state index in [0.29, 0.717) is 0 Å². The number of fused-ring (bicyclic) bond motifs is 1. The maximum atomic E-state index is 4.53. The first kappa shape index (κ1) is 9.40. The standard InChI is InChI=1S/C12H19N3/c1-12(2,9-3-4-9)15-8-14-10-7-13-6-5-11(10)15/h8-9,13H,3-7H2,1-2H3. The minimum Gasteiger partial charge on any atom is -0.328 e. The lowest BCUT2D eigenvalue weighted by Gasteiger charge is -2.30. The molecule has 15 heavy (non-hydrogen) atoms. The van der Waals surface area contributed by atoms with Crippen LogP contribution in [0.25, 0.3) is 0 Å². The van der Waals surface area contributed by atoms with E-state index in [-0.39, 0.29) is 5.54 Å². The highest BCUT2D eigenvalue weighted by atomic mass is 15.1. The molecule has 0 radical (unpaired) electrons. The van der Waals surface area contributed by atoms with Crippen LogP contribution in [0.3, 0.4) is 0 Å². The Bertz CT molecular complexity index is 374. The molecule has 3 rings (SSSR count). The fraction of sp³-hybridized carbons (Fsp3) is 0.750. The van der Waals surface area contributed by atoms with Gasteiger partial charge in [-0.25, -0.2) is 4.98 Å². The van der Waals surface area contributed by atoms with Gasteiger partial charge in [0.05, 0.1) is 12.0 Å². The second-order valence-electron chi connectivity index (χ2n) is 5.36. The maximum absolute atomic E-state index is 4.53. The monoisotopic (exact) mass is 205 g/mol. The number of nitrogens with one attached hydrogen (secondary N) is 1. The highest BCUT2D eigenvalue weighted by molar-refractivity contribution is 5.19. The zero-order valence-electron chi connectivity index (χ0n) is 9.58. The molecule has 3 nitrogen and oxygen atoms in total. The third kappa shape index (κ3) is 1.41. The largest absolute Gasteiger partial charge is 0.328 e. The van der Waals surface area contributed by atoms with Crippen LogP contribution in [0.15, 0.2) is 6.33 Å². The second-order valence-corrected chi connectivity index (χ2v) is 5.36. The van der Waals surface area contributed by atoms with Gasteiger partial charge in [-0.05, 0) is 32.6 Å². The summed E-state index contributed by atoms with van der Waals surface area (Å²) in [6.07, 6.45) is 5.96. The molecule has 1 aromatic rings. The molecule has 0 spiro atoms. The van der Waals surface area contributed by atoms with Gasteiger partial charge in [0.2, 0.25) is 0 Å². The highest BCUT2D eigenvalue weighted by Crippen LogP contribution is 2.44. The van der Waals surface area contributed by atoms with Crippen molar-refractivity contribution in [3.8, 4) is 0 Å². The molecule has 1 N–H and O–H groups in total. The van der Waals surface area contributed by atoms with Crippen molar-refractivity contribution in [2.24, 2.45) is 5.92 Å². The van der Waals surface area contributed by atoms with Crippen LogP contribution in [0, 0.1) is 5.92 Å². The van der Waals surface area contributed by atoms with Crippen LogP contribution in [-0.2, 0) is 18.5 Å². The first-order chi connectivity index (χ1) is 7.19. The van der Waals surface area contributed by atoms with Crippen molar-refractivity contribution in [2.75, 3.05) is 6.54 Å². The maximum Gasteiger partial charge on any atom is 0.0957 e. The Morgan fingerprint density at radius 1 is 1.47 bits per heavy atom. The van der Waals surface area contributed by atoms with Crippen LogP contribution in [0.5, 0.6) is 0 Å². The summed E-state index contributed by atoms with van der Waals surface area (Å²) in [5.41, 5.74) is 3.00. The summed E-state index contributed by atoms with van der Waals surface area (Å²) < 4.78 is 2.43. The van der Waals surface area contributed by atoms with Crippen LogP contribution < -0.4 is 5.32 Å². The number of nitrogens with zero attached hydrogens (tertiary/aromatic N) is 2. The van der Waals surface area contributed by atoms with Crippen molar-refractivity contribution < 1.29 is 0 Å². The molecule has 1 aliphatic carbocycles. The van der Waals surface area contributed by atoms with Gasteiger partial charge in [-0.15, -0.1) is 0 Å². The van der Waals surface area contributed by atoms with E-state index < -0.39 is 0 Å². The van der Waals surface area contributed by atoms with Gasteiger partial charge in [-0.2, -0.15) is 0 Å². The average molecular weight is 205 g/mol. The Kier molecular flexibility index (Phi) is 1.93. The van der Waals surface area contributed by atoms with Crippen molar-refractivity contribution >= 4 is 0 Å². The van der Waals surface area contributed by atoms with Crippen molar-refractivity contribution in [2.45, 2.75) is 45.2 Å². The zero-order valence-corrected chi connectivity index (χ0v) is 9.58. The molecule has 0 amide bonds. The number of imidazole rings is 1. The molecule has 2 heterocycles. The molecule has 2 aliphatic rings. The van der Waals surface area contributed by atoms with Crippen LogP contribution in [0.2, 0.25) is 0 Å². The quantitative estimate of drug-likeness (QED) is 0.796. The predicted molar refractivity (Wildman–Crippen MR) is 59.7 cm³/mol. The summed E-state index contributed by atoms with van der Waals surface area (Å²) in [5, 5.41) is 3.37. The van der Waals surface area contributed by atoms with Crippen molar-refractivity contribution in [1.82, 2.24) is 14.9 Å². The molecule has 0 atom stereocenters. The van der Waals surface area contributed by atoms with E-state index in [1.54, 1.807) is 0 Å². The smallest absolute Gasteiger partial charge is 0.0957 e. The Balaban J connectivity index is 2.00. The molecule has 1 saturated carbocycles. The summed E-state index contributed by atoms with van der Waals surface area (Å²) in [7, 11) is 0. The normalized spacial score (nSPS) is 21.5. The fourth-order valence-electron chi connectivity index (χ4n) is 2.72. The Hall–Kier alpha value is -0.830. The molecule has 0 aromatic carbocycles. The first-order valence-electron chi connectivity index (χ1n) is 5.96. The van der Waals surface area contributed by atoms with E-state index >= 15 is 0 Å². The van der Waals surface area contributed by atoms with Crippen LogP contribution in [0.4, 0.5) is 0 Å². The molecular formula is C12H19N3. The van der Waals surface area contributed by atoms with Gasteiger partial charge in [0.1, 0.15) is 0 Å². The molecule has 82 valence electrons. The van der Waals surface area contributed by atoms with E-state index in [0.717, 1.165) is 25.4 Å². The number of hydrogen-bond donors (Lipinski definition) is 1.